The number of hydrogen-bond donors (Lipinski definition) is 1. The highest BCUT2D eigenvalue weighted by molar-refractivity contribution is 5.74. The van der Waals surface area contributed by atoms with Gasteiger partial charge in [0, 0.05) is 25.1 Å². The normalized spacial score (nSPS) is 20.6. The van der Waals surface area contributed by atoms with Gasteiger partial charge < -0.3 is 14.6 Å². The predicted octanol–water partition coefficient (Wildman–Crippen LogP) is 2.44. The largest absolute Gasteiger partial charge is 0.381 e. The second-order valence-electron chi connectivity index (χ2n) is 5.57. The van der Waals surface area contributed by atoms with Gasteiger partial charge in [-0.05, 0) is 31.5 Å². The molecule has 0 saturated carbocycles. The lowest BCUT2D eigenvalue weighted by atomic mass is 9.98. The molecule has 4 nitrogen and oxygen atoms in total. The summed E-state index contributed by atoms with van der Waals surface area (Å²) in [6, 6.07) is 8.80. The Kier molecular flexibility index (Phi) is 4.33. The van der Waals surface area contributed by atoms with Crippen LogP contribution in [-0.4, -0.2) is 35.4 Å². The number of nitrogens with one attached hydrogen (secondary N) is 1. The van der Waals surface area contributed by atoms with Crippen molar-refractivity contribution in [1.82, 2.24) is 14.9 Å². The fourth-order valence-electron chi connectivity index (χ4n) is 2.95. The van der Waals surface area contributed by atoms with Crippen LogP contribution in [0.1, 0.15) is 19.8 Å². The van der Waals surface area contributed by atoms with Crippen molar-refractivity contribution >= 4 is 11.0 Å². The molecule has 20 heavy (non-hydrogen) atoms. The van der Waals surface area contributed by atoms with E-state index in [0.29, 0.717) is 12.0 Å². The van der Waals surface area contributed by atoms with Crippen molar-refractivity contribution in [3.63, 3.8) is 0 Å². The number of para-hydroxylation sites is 2. The molecule has 2 atom stereocenters. The van der Waals surface area contributed by atoms with E-state index < -0.39 is 0 Å². The first-order valence-electron chi connectivity index (χ1n) is 7.59. The van der Waals surface area contributed by atoms with E-state index in [-0.39, 0.29) is 0 Å². The van der Waals surface area contributed by atoms with E-state index in [2.05, 4.69) is 40.0 Å². The first-order valence-corrected chi connectivity index (χ1v) is 7.59. The fourth-order valence-corrected chi connectivity index (χ4v) is 2.95. The second-order valence-corrected chi connectivity index (χ2v) is 5.57. The van der Waals surface area contributed by atoms with Crippen LogP contribution in [0.3, 0.4) is 0 Å². The zero-order chi connectivity index (χ0) is 13.8. The van der Waals surface area contributed by atoms with E-state index in [9.17, 15) is 0 Å². The topological polar surface area (TPSA) is 39.1 Å². The summed E-state index contributed by atoms with van der Waals surface area (Å²) >= 11 is 0. The van der Waals surface area contributed by atoms with Gasteiger partial charge in [-0.25, -0.2) is 4.98 Å². The van der Waals surface area contributed by atoms with Gasteiger partial charge in [0.15, 0.2) is 0 Å². The molecule has 0 bridgehead atoms. The van der Waals surface area contributed by atoms with Crippen LogP contribution < -0.4 is 5.32 Å². The summed E-state index contributed by atoms with van der Waals surface area (Å²) in [6.45, 7) is 6.03. The van der Waals surface area contributed by atoms with Gasteiger partial charge in [-0.3, -0.25) is 0 Å². The van der Waals surface area contributed by atoms with Crippen molar-refractivity contribution in [2.45, 2.75) is 32.4 Å². The van der Waals surface area contributed by atoms with Crippen molar-refractivity contribution in [3.8, 4) is 0 Å². The van der Waals surface area contributed by atoms with E-state index in [1.807, 2.05) is 12.4 Å². The van der Waals surface area contributed by atoms with Gasteiger partial charge in [-0.15, -0.1) is 0 Å². The number of nitrogens with zero attached hydrogens (tertiary/aromatic N) is 2. The minimum Gasteiger partial charge on any atom is -0.381 e. The van der Waals surface area contributed by atoms with Gasteiger partial charge in [0.2, 0.25) is 0 Å². The minimum atomic E-state index is 0.468. The Morgan fingerprint density at radius 2 is 2.35 bits per heavy atom. The summed E-state index contributed by atoms with van der Waals surface area (Å²) in [7, 11) is 0. The van der Waals surface area contributed by atoms with Crippen LogP contribution in [0.25, 0.3) is 11.0 Å². The standard InChI is InChI=1S/C16H23N3O/c1-2-8-17-15(13-7-9-20-11-13)10-19-12-18-14-5-3-4-6-16(14)19/h3-6,12-13,15,17H,2,7-11H2,1H3. The summed E-state index contributed by atoms with van der Waals surface area (Å²) in [5.41, 5.74) is 2.29. The van der Waals surface area contributed by atoms with Gasteiger partial charge in [-0.2, -0.15) is 0 Å². The maximum Gasteiger partial charge on any atom is 0.0958 e. The molecule has 0 aliphatic carbocycles. The van der Waals surface area contributed by atoms with E-state index in [1.54, 1.807) is 0 Å². The number of ether oxygens (including phenoxy) is 1. The molecule has 1 aliphatic rings. The van der Waals surface area contributed by atoms with Crippen LogP contribution >= 0.6 is 0 Å². The maximum atomic E-state index is 5.56. The quantitative estimate of drug-likeness (QED) is 0.878. The first kappa shape index (κ1) is 13.6. The first-order chi connectivity index (χ1) is 9.88. The van der Waals surface area contributed by atoms with Crippen molar-refractivity contribution in [2.75, 3.05) is 19.8 Å². The monoisotopic (exact) mass is 273 g/mol. The van der Waals surface area contributed by atoms with Crippen LogP contribution in [0, 0.1) is 5.92 Å². The smallest absolute Gasteiger partial charge is 0.0958 e. The van der Waals surface area contributed by atoms with Crippen LogP contribution in [0.15, 0.2) is 30.6 Å². The van der Waals surface area contributed by atoms with E-state index in [0.717, 1.165) is 44.7 Å². The summed E-state index contributed by atoms with van der Waals surface area (Å²) in [5, 5.41) is 3.69. The molecule has 2 aromatic rings. The van der Waals surface area contributed by atoms with E-state index in [4.69, 9.17) is 4.74 Å². The van der Waals surface area contributed by atoms with Crippen LogP contribution in [-0.2, 0) is 11.3 Å². The zero-order valence-electron chi connectivity index (χ0n) is 12.1. The minimum absolute atomic E-state index is 0.468. The molecule has 2 heterocycles. The average Bonchev–Trinajstić information content (AvgIpc) is 3.13. The highest BCUT2D eigenvalue weighted by Gasteiger charge is 2.25. The lowest BCUT2D eigenvalue weighted by molar-refractivity contribution is 0.174. The second kappa shape index (κ2) is 6.37. The molecule has 4 heteroatoms. The Labute approximate surface area is 120 Å². The van der Waals surface area contributed by atoms with Crippen molar-refractivity contribution < 1.29 is 4.74 Å². The summed E-state index contributed by atoms with van der Waals surface area (Å²) < 4.78 is 7.82. The van der Waals surface area contributed by atoms with Crippen molar-refractivity contribution in [1.29, 1.82) is 0 Å². The Hall–Kier alpha value is -1.39. The number of hydrogen-bond acceptors (Lipinski definition) is 3. The molecule has 3 rings (SSSR count). The van der Waals surface area contributed by atoms with E-state index >= 15 is 0 Å². The Balaban J connectivity index is 1.77. The molecular weight excluding hydrogens is 250 g/mol. The van der Waals surface area contributed by atoms with Gasteiger partial charge in [-0.1, -0.05) is 19.1 Å². The lowest BCUT2D eigenvalue weighted by Gasteiger charge is -2.24. The number of rotatable bonds is 6. The van der Waals surface area contributed by atoms with Gasteiger partial charge in [0.25, 0.3) is 0 Å². The third-order valence-electron chi connectivity index (χ3n) is 4.11. The SMILES string of the molecule is CCCNC(Cn1cnc2ccccc21)C1CCOC1. The summed E-state index contributed by atoms with van der Waals surface area (Å²) in [4.78, 5) is 4.48. The highest BCUT2D eigenvalue weighted by atomic mass is 16.5. The molecule has 1 N–H and O–H groups in total. The molecule has 0 amide bonds. The number of aromatic nitrogens is 2. The Morgan fingerprint density at radius 3 is 3.15 bits per heavy atom. The molecule has 1 saturated heterocycles. The molecule has 2 unspecified atom stereocenters. The Bertz CT molecular complexity index is 545. The van der Waals surface area contributed by atoms with E-state index in [1.165, 1.54) is 5.52 Å². The van der Waals surface area contributed by atoms with Crippen LogP contribution in [0.4, 0.5) is 0 Å². The molecule has 0 spiro atoms. The summed E-state index contributed by atoms with van der Waals surface area (Å²) in [5.74, 6) is 0.614. The highest BCUT2D eigenvalue weighted by Crippen LogP contribution is 2.20. The van der Waals surface area contributed by atoms with Gasteiger partial charge in [0.05, 0.1) is 24.0 Å². The van der Waals surface area contributed by atoms with Crippen LogP contribution in [0.5, 0.6) is 0 Å². The molecule has 1 aliphatic heterocycles. The fraction of sp³-hybridized carbons (Fsp3) is 0.562. The van der Waals surface area contributed by atoms with Crippen molar-refractivity contribution in [3.05, 3.63) is 30.6 Å². The molecule has 108 valence electrons. The molecule has 1 aromatic heterocycles. The number of fused-ring (bicyclic) bond motifs is 1. The third-order valence-corrected chi connectivity index (χ3v) is 4.11. The third kappa shape index (κ3) is 2.86. The van der Waals surface area contributed by atoms with Gasteiger partial charge in [0.1, 0.15) is 0 Å². The Morgan fingerprint density at radius 1 is 1.45 bits per heavy atom. The predicted molar refractivity (Wildman–Crippen MR) is 80.7 cm³/mol. The molecule has 0 radical (unpaired) electrons. The number of benzene rings is 1. The van der Waals surface area contributed by atoms with Gasteiger partial charge >= 0.3 is 0 Å². The maximum absolute atomic E-state index is 5.56. The molecular formula is C16H23N3O. The summed E-state index contributed by atoms with van der Waals surface area (Å²) in [6.07, 6.45) is 4.28. The molecule has 1 fully saturated rings. The molecule has 1 aromatic carbocycles. The zero-order valence-corrected chi connectivity index (χ0v) is 12.1. The van der Waals surface area contributed by atoms with Crippen molar-refractivity contribution in [2.24, 2.45) is 5.92 Å². The van der Waals surface area contributed by atoms with Crippen LogP contribution in [0.2, 0.25) is 0 Å². The lowest BCUT2D eigenvalue weighted by Crippen LogP contribution is -2.40. The average molecular weight is 273 g/mol. The number of imidazole rings is 1.